The van der Waals surface area contributed by atoms with Gasteiger partial charge in [0, 0.05) is 69.7 Å². The molecule has 8 nitrogen and oxygen atoms in total. The van der Waals surface area contributed by atoms with Crippen LogP contribution >= 0.6 is 0 Å². The molecule has 0 bridgehead atoms. The highest BCUT2D eigenvalue weighted by Crippen LogP contribution is 2.29. The molecule has 53 heavy (non-hydrogen) atoms. The van der Waals surface area contributed by atoms with Crippen LogP contribution in [0.15, 0.2) is 128 Å². The van der Waals surface area contributed by atoms with Crippen molar-refractivity contribution in [2.45, 2.75) is 31.7 Å². The Balaban J connectivity index is 1.41. The Labute approximate surface area is 308 Å². The van der Waals surface area contributed by atoms with E-state index in [4.69, 9.17) is 4.74 Å². The number of amides is 2. The summed E-state index contributed by atoms with van der Waals surface area (Å²) in [6.45, 7) is 1.68. The first kappa shape index (κ1) is 38.4. The van der Waals surface area contributed by atoms with Gasteiger partial charge in [-0.3, -0.25) is 14.6 Å². The molecule has 2 aromatic heterocycles. The van der Waals surface area contributed by atoms with Crippen LogP contribution in [0.2, 0.25) is 0 Å². The standard InChI is InChI=1S/C42H42F3N5O3/c1-48(29-34-16-22-39(53-3)47-28-34)25-26-49(2)41(52)38(27-32-9-5-4-6-10-32)50(30-33-12-18-35(19-13-33)37-11-7-8-24-46-37)40(51)23-17-31-14-20-36(21-15-31)42(43,44)45/h4-24,28,38H,25-27,29-30H2,1-3H3. The fourth-order valence-corrected chi connectivity index (χ4v) is 5.77. The van der Waals surface area contributed by atoms with Crippen molar-refractivity contribution in [2.75, 3.05) is 34.3 Å². The number of alkyl halides is 3. The minimum absolute atomic E-state index is 0.111. The number of nitrogens with zero attached hydrogens (tertiary/aromatic N) is 5. The van der Waals surface area contributed by atoms with E-state index in [0.717, 1.165) is 40.1 Å². The number of pyridine rings is 2. The molecule has 0 fully saturated rings. The molecule has 5 rings (SSSR count). The number of aromatic nitrogens is 2. The number of hydrogen-bond acceptors (Lipinski definition) is 6. The van der Waals surface area contributed by atoms with Crippen LogP contribution in [0.4, 0.5) is 13.2 Å². The van der Waals surface area contributed by atoms with Gasteiger partial charge in [0.25, 0.3) is 0 Å². The lowest BCUT2D eigenvalue weighted by Gasteiger charge is -2.34. The van der Waals surface area contributed by atoms with E-state index >= 15 is 0 Å². The molecule has 274 valence electrons. The molecule has 0 spiro atoms. The van der Waals surface area contributed by atoms with Crippen LogP contribution in [0, 0.1) is 0 Å². The van der Waals surface area contributed by atoms with Gasteiger partial charge in [-0.25, -0.2) is 4.98 Å². The molecule has 1 unspecified atom stereocenters. The summed E-state index contributed by atoms with van der Waals surface area (Å²) in [6.07, 6.45) is 2.04. The molecule has 0 saturated carbocycles. The molecule has 0 N–H and O–H groups in total. The van der Waals surface area contributed by atoms with Gasteiger partial charge in [0.2, 0.25) is 17.7 Å². The molecule has 2 amide bonds. The molecule has 0 aliphatic heterocycles. The van der Waals surface area contributed by atoms with Crippen molar-refractivity contribution >= 4 is 17.9 Å². The zero-order valence-corrected chi connectivity index (χ0v) is 29.9. The lowest BCUT2D eigenvalue weighted by Crippen LogP contribution is -2.51. The van der Waals surface area contributed by atoms with Gasteiger partial charge in [-0.15, -0.1) is 0 Å². The van der Waals surface area contributed by atoms with E-state index in [1.54, 1.807) is 37.5 Å². The van der Waals surface area contributed by atoms with Gasteiger partial charge >= 0.3 is 6.18 Å². The maximum absolute atomic E-state index is 14.4. The van der Waals surface area contributed by atoms with Crippen LogP contribution in [0.3, 0.4) is 0 Å². The Bertz CT molecular complexity index is 1940. The number of likely N-dealkylation sites (N-methyl/N-ethyl adjacent to an activating group) is 2. The molecular formula is C42H42F3N5O3. The number of rotatable bonds is 15. The van der Waals surface area contributed by atoms with E-state index in [1.165, 1.54) is 29.2 Å². The number of methoxy groups -OCH3 is 1. The van der Waals surface area contributed by atoms with Crippen molar-refractivity contribution in [3.05, 3.63) is 155 Å². The van der Waals surface area contributed by atoms with Crippen molar-refractivity contribution in [1.82, 2.24) is 24.7 Å². The number of ether oxygens (including phenoxy) is 1. The van der Waals surface area contributed by atoms with E-state index in [1.807, 2.05) is 85.9 Å². The second kappa shape index (κ2) is 18.1. The summed E-state index contributed by atoms with van der Waals surface area (Å²) in [7, 11) is 5.25. The third kappa shape index (κ3) is 11.1. The fourth-order valence-electron chi connectivity index (χ4n) is 5.77. The minimum atomic E-state index is -4.47. The van der Waals surface area contributed by atoms with Crippen LogP contribution < -0.4 is 4.74 Å². The predicted molar refractivity (Wildman–Crippen MR) is 199 cm³/mol. The molecule has 5 aromatic rings. The van der Waals surface area contributed by atoms with Crippen LogP contribution in [-0.4, -0.2) is 76.8 Å². The van der Waals surface area contributed by atoms with Crippen LogP contribution in [0.1, 0.15) is 27.8 Å². The first-order chi connectivity index (χ1) is 25.5. The quantitative estimate of drug-likeness (QED) is 0.105. The highest BCUT2D eigenvalue weighted by molar-refractivity contribution is 5.95. The molecule has 2 heterocycles. The van der Waals surface area contributed by atoms with E-state index in [0.29, 0.717) is 31.1 Å². The Hall–Kier alpha value is -5.81. The summed E-state index contributed by atoms with van der Waals surface area (Å²) >= 11 is 0. The van der Waals surface area contributed by atoms with Crippen molar-refractivity contribution in [2.24, 2.45) is 0 Å². The maximum Gasteiger partial charge on any atom is 0.416 e. The summed E-state index contributed by atoms with van der Waals surface area (Å²) in [5.41, 5.74) is 4.01. The molecule has 3 aromatic carbocycles. The Morgan fingerprint density at radius 3 is 2.09 bits per heavy atom. The Morgan fingerprint density at radius 1 is 0.774 bits per heavy atom. The van der Waals surface area contributed by atoms with E-state index < -0.39 is 23.7 Å². The van der Waals surface area contributed by atoms with Gasteiger partial charge in [0.05, 0.1) is 18.4 Å². The van der Waals surface area contributed by atoms with E-state index in [9.17, 15) is 22.8 Å². The molecule has 1 atom stereocenters. The Morgan fingerprint density at radius 2 is 1.47 bits per heavy atom. The molecule has 0 saturated heterocycles. The van der Waals surface area contributed by atoms with E-state index in [-0.39, 0.29) is 18.9 Å². The third-order valence-corrected chi connectivity index (χ3v) is 8.79. The molecular weight excluding hydrogens is 679 g/mol. The zero-order chi connectivity index (χ0) is 37.8. The number of halogens is 3. The van der Waals surface area contributed by atoms with Crippen molar-refractivity contribution < 1.29 is 27.5 Å². The van der Waals surface area contributed by atoms with E-state index in [2.05, 4.69) is 14.9 Å². The molecule has 0 aliphatic rings. The van der Waals surface area contributed by atoms with Crippen LogP contribution in [-0.2, 0) is 35.3 Å². The fraction of sp³-hybridized carbons (Fsp3) is 0.238. The lowest BCUT2D eigenvalue weighted by molar-refractivity contribution is -0.143. The minimum Gasteiger partial charge on any atom is -0.481 e. The lowest BCUT2D eigenvalue weighted by atomic mass is 10.0. The second-order valence-electron chi connectivity index (χ2n) is 12.7. The SMILES string of the molecule is COc1ccc(CN(C)CCN(C)C(=O)C(Cc2ccccc2)N(Cc2ccc(-c3ccccn3)cc2)C(=O)C=Cc2ccc(C(F)(F)F)cc2)cn1. The van der Waals surface area contributed by atoms with Gasteiger partial charge in [-0.05, 0) is 59.6 Å². The molecule has 11 heteroatoms. The van der Waals surface area contributed by atoms with Crippen molar-refractivity contribution in [3.63, 3.8) is 0 Å². The average molecular weight is 722 g/mol. The summed E-state index contributed by atoms with van der Waals surface area (Å²) < 4.78 is 44.7. The zero-order valence-electron chi connectivity index (χ0n) is 29.9. The van der Waals surface area contributed by atoms with Crippen LogP contribution in [0.25, 0.3) is 17.3 Å². The monoisotopic (exact) mass is 721 g/mol. The summed E-state index contributed by atoms with van der Waals surface area (Å²) in [5, 5.41) is 0. The summed E-state index contributed by atoms with van der Waals surface area (Å²) in [5.74, 6) is -0.163. The number of carbonyl (C=O) groups excluding carboxylic acids is 2. The normalized spacial score (nSPS) is 12.1. The smallest absolute Gasteiger partial charge is 0.416 e. The maximum atomic E-state index is 14.4. The number of benzene rings is 3. The molecule has 0 radical (unpaired) electrons. The van der Waals surface area contributed by atoms with Crippen LogP contribution in [0.5, 0.6) is 5.88 Å². The first-order valence-corrected chi connectivity index (χ1v) is 17.1. The first-order valence-electron chi connectivity index (χ1n) is 17.1. The largest absolute Gasteiger partial charge is 0.481 e. The van der Waals surface area contributed by atoms with Gasteiger partial charge in [-0.2, -0.15) is 13.2 Å². The number of hydrogen-bond donors (Lipinski definition) is 0. The van der Waals surface area contributed by atoms with Crippen molar-refractivity contribution in [3.8, 4) is 17.1 Å². The predicted octanol–water partition coefficient (Wildman–Crippen LogP) is 7.41. The highest BCUT2D eigenvalue weighted by Gasteiger charge is 2.32. The van der Waals surface area contributed by atoms with Gasteiger partial charge in [0.15, 0.2) is 0 Å². The topological polar surface area (TPSA) is 78.9 Å². The van der Waals surface area contributed by atoms with Gasteiger partial charge in [0.1, 0.15) is 6.04 Å². The highest BCUT2D eigenvalue weighted by atomic mass is 19.4. The third-order valence-electron chi connectivity index (χ3n) is 8.79. The average Bonchev–Trinajstić information content (AvgIpc) is 3.18. The van der Waals surface area contributed by atoms with Crippen molar-refractivity contribution in [1.29, 1.82) is 0 Å². The molecule has 0 aliphatic carbocycles. The second-order valence-corrected chi connectivity index (χ2v) is 12.7. The summed E-state index contributed by atoms with van der Waals surface area (Å²) in [6, 6.07) is 30.2. The van der Waals surface area contributed by atoms with Gasteiger partial charge < -0.3 is 19.4 Å². The Kier molecular flexibility index (Phi) is 13.1. The summed E-state index contributed by atoms with van der Waals surface area (Å²) in [4.78, 5) is 42.5. The van der Waals surface area contributed by atoms with Gasteiger partial charge in [-0.1, -0.05) is 78.9 Å². The number of carbonyl (C=O) groups is 2.